The second-order valence-corrected chi connectivity index (χ2v) is 3.65. The summed E-state index contributed by atoms with van der Waals surface area (Å²) in [6.45, 7) is 5.71. The Kier molecular flexibility index (Phi) is 4.41. The lowest BCUT2D eigenvalue weighted by Crippen LogP contribution is -1.96. The average Bonchev–Trinajstić information content (AvgIpc) is 2.19. The van der Waals surface area contributed by atoms with Crippen molar-refractivity contribution in [2.45, 2.75) is 32.3 Å². The molecule has 0 heterocycles. The normalized spacial score (nSPS) is 12.4. The van der Waals surface area contributed by atoms with Gasteiger partial charge in [0.15, 0.2) is 0 Å². The Morgan fingerprint density at radius 1 is 1.36 bits per heavy atom. The van der Waals surface area contributed by atoms with Gasteiger partial charge in [-0.15, -0.1) is 6.58 Å². The van der Waals surface area contributed by atoms with E-state index in [1.807, 2.05) is 37.3 Å². The fraction of sp³-hybridized carbons (Fsp3) is 0.385. The number of rotatable bonds is 5. The highest BCUT2D eigenvalue weighted by Crippen LogP contribution is 2.19. The number of aliphatic hydroxyl groups is 1. The van der Waals surface area contributed by atoms with Crippen LogP contribution in [0.15, 0.2) is 36.9 Å². The lowest BCUT2D eigenvalue weighted by atomic mass is 10.0. The van der Waals surface area contributed by atoms with Crippen LogP contribution in [0.25, 0.3) is 0 Å². The van der Waals surface area contributed by atoms with Crippen LogP contribution in [0.4, 0.5) is 0 Å². The van der Waals surface area contributed by atoms with Gasteiger partial charge in [-0.2, -0.15) is 0 Å². The summed E-state index contributed by atoms with van der Waals surface area (Å²) in [5.74, 6) is 0. The van der Waals surface area contributed by atoms with Gasteiger partial charge in [0.25, 0.3) is 0 Å². The number of unbranched alkanes of at least 4 members (excludes halogenated alkanes) is 1. The van der Waals surface area contributed by atoms with Crippen LogP contribution in [-0.2, 0) is 0 Å². The third-order valence-electron chi connectivity index (χ3n) is 2.35. The smallest absolute Gasteiger partial charge is 0.0790 e. The second-order valence-electron chi connectivity index (χ2n) is 3.65. The third kappa shape index (κ3) is 3.35. The minimum Gasteiger partial charge on any atom is -0.388 e. The van der Waals surface area contributed by atoms with Crippen molar-refractivity contribution < 1.29 is 5.11 Å². The molecule has 1 atom stereocenters. The summed E-state index contributed by atoms with van der Waals surface area (Å²) in [6.07, 6.45) is 4.36. The van der Waals surface area contributed by atoms with Gasteiger partial charge in [-0.25, -0.2) is 0 Å². The van der Waals surface area contributed by atoms with E-state index < -0.39 is 0 Å². The first-order chi connectivity index (χ1) is 6.74. The zero-order chi connectivity index (χ0) is 10.4. The van der Waals surface area contributed by atoms with Crippen molar-refractivity contribution in [3.63, 3.8) is 0 Å². The van der Waals surface area contributed by atoms with Crippen LogP contribution in [-0.4, -0.2) is 5.11 Å². The minimum absolute atomic E-state index is 0.324. The first-order valence-electron chi connectivity index (χ1n) is 5.09. The molecule has 1 unspecified atom stereocenters. The van der Waals surface area contributed by atoms with Gasteiger partial charge < -0.3 is 5.11 Å². The SMILES string of the molecule is C=CCCCC(O)c1ccc(C)cc1. The minimum atomic E-state index is -0.324. The Hall–Kier alpha value is -1.08. The third-order valence-corrected chi connectivity index (χ3v) is 2.35. The summed E-state index contributed by atoms with van der Waals surface area (Å²) in [6, 6.07) is 8.06. The molecule has 0 aliphatic heterocycles. The number of benzene rings is 1. The predicted octanol–water partition coefficient (Wildman–Crippen LogP) is 3.38. The molecule has 1 rings (SSSR count). The van der Waals surface area contributed by atoms with Crippen LogP contribution >= 0.6 is 0 Å². The monoisotopic (exact) mass is 190 g/mol. The molecule has 0 amide bonds. The van der Waals surface area contributed by atoms with Gasteiger partial charge in [-0.1, -0.05) is 35.9 Å². The summed E-state index contributed by atoms with van der Waals surface area (Å²) in [7, 11) is 0. The van der Waals surface area contributed by atoms with Crippen molar-refractivity contribution in [2.75, 3.05) is 0 Å². The Morgan fingerprint density at radius 2 is 2.00 bits per heavy atom. The van der Waals surface area contributed by atoms with Gasteiger partial charge in [0.2, 0.25) is 0 Å². The molecule has 0 radical (unpaired) electrons. The Bertz CT molecular complexity index is 274. The molecule has 0 spiro atoms. The predicted molar refractivity (Wildman–Crippen MR) is 60.2 cm³/mol. The van der Waals surface area contributed by atoms with E-state index in [4.69, 9.17) is 0 Å². The maximum absolute atomic E-state index is 9.80. The van der Waals surface area contributed by atoms with Crippen molar-refractivity contribution in [1.82, 2.24) is 0 Å². The van der Waals surface area contributed by atoms with E-state index >= 15 is 0 Å². The highest BCUT2D eigenvalue weighted by atomic mass is 16.3. The van der Waals surface area contributed by atoms with E-state index in [0.29, 0.717) is 0 Å². The van der Waals surface area contributed by atoms with Gasteiger partial charge in [0.1, 0.15) is 0 Å². The van der Waals surface area contributed by atoms with Crippen LogP contribution < -0.4 is 0 Å². The second kappa shape index (κ2) is 5.61. The summed E-state index contributed by atoms with van der Waals surface area (Å²) >= 11 is 0. The van der Waals surface area contributed by atoms with E-state index in [-0.39, 0.29) is 6.10 Å². The van der Waals surface area contributed by atoms with Crippen LogP contribution in [0.5, 0.6) is 0 Å². The summed E-state index contributed by atoms with van der Waals surface area (Å²) in [5.41, 5.74) is 2.24. The molecule has 1 nitrogen and oxygen atoms in total. The molecule has 0 bridgehead atoms. The molecule has 0 saturated carbocycles. The Morgan fingerprint density at radius 3 is 2.57 bits per heavy atom. The molecule has 0 saturated heterocycles. The highest BCUT2D eigenvalue weighted by Gasteiger charge is 2.05. The van der Waals surface area contributed by atoms with Crippen molar-refractivity contribution in [3.05, 3.63) is 48.0 Å². The quantitative estimate of drug-likeness (QED) is 0.557. The van der Waals surface area contributed by atoms with Crippen molar-refractivity contribution in [3.8, 4) is 0 Å². The lowest BCUT2D eigenvalue weighted by Gasteiger charge is -2.10. The van der Waals surface area contributed by atoms with Crippen LogP contribution in [0.1, 0.15) is 36.5 Å². The van der Waals surface area contributed by atoms with Crippen LogP contribution in [0.3, 0.4) is 0 Å². The van der Waals surface area contributed by atoms with E-state index in [1.165, 1.54) is 5.56 Å². The Labute approximate surface area is 86.1 Å². The number of hydrogen-bond acceptors (Lipinski definition) is 1. The first-order valence-corrected chi connectivity index (χ1v) is 5.09. The van der Waals surface area contributed by atoms with Gasteiger partial charge in [-0.05, 0) is 31.7 Å². The zero-order valence-corrected chi connectivity index (χ0v) is 8.74. The van der Waals surface area contributed by atoms with E-state index in [0.717, 1.165) is 24.8 Å². The fourth-order valence-corrected chi connectivity index (χ4v) is 1.41. The largest absolute Gasteiger partial charge is 0.388 e. The molecule has 1 N–H and O–H groups in total. The van der Waals surface area contributed by atoms with Gasteiger partial charge in [-0.3, -0.25) is 0 Å². The maximum Gasteiger partial charge on any atom is 0.0790 e. The molecule has 0 aromatic heterocycles. The Balaban J connectivity index is 2.47. The van der Waals surface area contributed by atoms with Gasteiger partial charge in [0, 0.05) is 0 Å². The molecule has 0 aliphatic carbocycles. The van der Waals surface area contributed by atoms with Crippen molar-refractivity contribution in [2.24, 2.45) is 0 Å². The molecule has 1 aromatic carbocycles. The van der Waals surface area contributed by atoms with Crippen LogP contribution in [0.2, 0.25) is 0 Å². The summed E-state index contributed by atoms with van der Waals surface area (Å²) < 4.78 is 0. The number of hydrogen-bond donors (Lipinski definition) is 1. The van der Waals surface area contributed by atoms with Gasteiger partial charge >= 0.3 is 0 Å². The maximum atomic E-state index is 9.80. The van der Waals surface area contributed by atoms with E-state index in [1.54, 1.807) is 0 Å². The van der Waals surface area contributed by atoms with E-state index in [9.17, 15) is 5.11 Å². The van der Waals surface area contributed by atoms with Crippen molar-refractivity contribution in [1.29, 1.82) is 0 Å². The first kappa shape index (κ1) is 11.0. The zero-order valence-electron chi connectivity index (χ0n) is 8.74. The standard InChI is InChI=1S/C13H18O/c1-3-4-5-6-13(14)12-9-7-11(2)8-10-12/h3,7-10,13-14H,1,4-6H2,2H3. The number of aliphatic hydroxyl groups excluding tert-OH is 1. The molecule has 14 heavy (non-hydrogen) atoms. The number of allylic oxidation sites excluding steroid dienone is 1. The molecule has 1 aromatic rings. The number of aryl methyl sites for hydroxylation is 1. The van der Waals surface area contributed by atoms with Crippen molar-refractivity contribution >= 4 is 0 Å². The molecule has 1 heteroatoms. The topological polar surface area (TPSA) is 20.2 Å². The van der Waals surface area contributed by atoms with E-state index in [2.05, 4.69) is 6.58 Å². The molecular formula is C13H18O. The molecular weight excluding hydrogens is 172 g/mol. The summed E-state index contributed by atoms with van der Waals surface area (Å²) in [4.78, 5) is 0. The van der Waals surface area contributed by atoms with Gasteiger partial charge in [0.05, 0.1) is 6.10 Å². The average molecular weight is 190 g/mol. The summed E-state index contributed by atoms with van der Waals surface area (Å²) in [5, 5.41) is 9.80. The lowest BCUT2D eigenvalue weighted by molar-refractivity contribution is 0.165. The molecule has 76 valence electrons. The van der Waals surface area contributed by atoms with Crippen LogP contribution in [0, 0.1) is 6.92 Å². The molecule has 0 fully saturated rings. The highest BCUT2D eigenvalue weighted by molar-refractivity contribution is 5.22. The fourth-order valence-electron chi connectivity index (χ4n) is 1.41. The molecule has 0 aliphatic rings.